The molecule has 1 rings (SSSR count). The van der Waals surface area contributed by atoms with Crippen molar-refractivity contribution in [1.82, 2.24) is 0 Å². The maximum absolute atomic E-state index is 10.7. The number of carboxylic acid groups (broad SMARTS) is 2. The largest absolute Gasteiger partial charge is 0.508 e. The fourth-order valence-corrected chi connectivity index (χ4v) is 2.66. The number of hydrogen-bond donors (Lipinski definition) is 4. The fraction of sp³-hybridized carbons (Fsp3) is 0.500. The van der Waals surface area contributed by atoms with E-state index < -0.39 is 17.4 Å². The molecule has 0 unspecified atom stereocenters. The van der Waals surface area contributed by atoms with Crippen LogP contribution in [-0.2, 0) is 15.0 Å². The molecule has 1 aromatic carbocycles. The van der Waals surface area contributed by atoms with E-state index in [1.807, 2.05) is 6.92 Å². The fourth-order valence-electron chi connectivity index (χ4n) is 2.66. The van der Waals surface area contributed by atoms with Crippen molar-refractivity contribution in [3.8, 4) is 11.5 Å². The third-order valence-corrected chi connectivity index (χ3v) is 3.87. The summed E-state index contributed by atoms with van der Waals surface area (Å²) in [6, 6.07) is 4.21. The number of aromatic hydroxyl groups is 2. The average molecular weight is 310 g/mol. The van der Waals surface area contributed by atoms with E-state index in [0.29, 0.717) is 31.2 Å². The zero-order valence-corrected chi connectivity index (χ0v) is 12.6. The van der Waals surface area contributed by atoms with Crippen molar-refractivity contribution in [1.29, 1.82) is 0 Å². The number of phenolic OH excluding ortho intramolecular Hbond substituents is 2. The van der Waals surface area contributed by atoms with Crippen LogP contribution in [-0.4, -0.2) is 32.4 Å². The maximum Gasteiger partial charge on any atom is 0.303 e. The highest BCUT2D eigenvalue weighted by atomic mass is 16.4. The summed E-state index contributed by atoms with van der Waals surface area (Å²) in [7, 11) is 0. The standard InChI is InChI=1S/C16H22O6/c1-16(8-2-4-14(19)20,9-3-5-15(21)22)12-10-11(17)6-7-13(12)18/h6-7,10,17-18H,2-5,8-9H2,1H3,(H,19,20)(H,21,22). The molecule has 0 saturated heterocycles. The zero-order chi connectivity index (χ0) is 16.8. The molecule has 0 fully saturated rings. The predicted molar refractivity (Wildman–Crippen MR) is 80.1 cm³/mol. The number of aliphatic carboxylic acids is 2. The summed E-state index contributed by atoms with van der Waals surface area (Å²) < 4.78 is 0. The predicted octanol–water partition coefficient (Wildman–Crippen LogP) is 2.87. The van der Waals surface area contributed by atoms with Gasteiger partial charge >= 0.3 is 11.9 Å². The van der Waals surface area contributed by atoms with Crippen molar-refractivity contribution in [2.24, 2.45) is 0 Å². The molecule has 0 amide bonds. The summed E-state index contributed by atoms with van der Waals surface area (Å²) in [5.74, 6) is -1.76. The van der Waals surface area contributed by atoms with Gasteiger partial charge < -0.3 is 20.4 Å². The Hall–Kier alpha value is -2.24. The van der Waals surface area contributed by atoms with Gasteiger partial charge in [-0.25, -0.2) is 0 Å². The molecule has 22 heavy (non-hydrogen) atoms. The van der Waals surface area contributed by atoms with Crippen LogP contribution in [0.4, 0.5) is 0 Å². The summed E-state index contributed by atoms with van der Waals surface area (Å²) in [4.78, 5) is 21.4. The highest BCUT2D eigenvalue weighted by Gasteiger charge is 2.29. The zero-order valence-electron chi connectivity index (χ0n) is 12.6. The van der Waals surface area contributed by atoms with Crippen LogP contribution in [0.5, 0.6) is 11.5 Å². The Morgan fingerprint density at radius 1 is 1.00 bits per heavy atom. The topological polar surface area (TPSA) is 115 Å². The molecule has 6 nitrogen and oxygen atoms in total. The normalized spacial score (nSPS) is 11.3. The van der Waals surface area contributed by atoms with Crippen LogP contribution in [0.2, 0.25) is 0 Å². The molecular formula is C16H22O6. The number of phenols is 2. The molecule has 0 atom stereocenters. The lowest BCUT2D eigenvalue weighted by Gasteiger charge is -2.31. The van der Waals surface area contributed by atoms with E-state index in [1.54, 1.807) is 0 Å². The first-order chi connectivity index (χ1) is 10.2. The minimum atomic E-state index is -0.895. The number of carboxylic acids is 2. The number of rotatable bonds is 9. The maximum atomic E-state index is 10.7. The van der Waals surface area contributed by atoms with Crippen LogP contribution in [0.3, 0.4) is 0 Å². The molecule has 1 aromatic rings. The van der Waals surface area contributed by atoms with Gasteiger partial charge in [-0.05, 0) is 49.3 Å². The molecule has 122 valence electrons. The van der Waals surface area contributed by atoms with Gasteiger partial charge in [0.25, 0.3) is 0 Å². The molecule has 0 spiro atoms. The van der Waals surface area contributed by atoms with E-state index in [-0.39, 0.29) is 24.3 Å². The molecular weight excluding hydrogens is 288 g/mol. The molecule has 0 radical (unpaired) electrons. The van der Waals surface area contributed by atoms with Gasteiger partial charge in [-0.2, -0.15) is 0 Å². The van der Waals surface area contributed by atoms with Crippen LogP contribution >= 0.6 is 0 Å². The van der Waals surface area contributed by atoms with Crippen molar-refractivity contribution in [2.45, 2.75) is 50.9 Å². The summed E-state index contributed by atoms with van der Waals surface area (Å²) in [5, 5.41) is 37.2. The molecule has 0 bridgehead atoms. The minimum absolute atomic E-state index is 0.00803. The van der Waals surface area contributed by atoms with Crippen LogP contribution in [0.1, 0.15) is 51.0 Å². The van der Waals surface area contributed by atoms with Crippen molar-refractivity contribution in [3.63, 3.8) is 0 Å². The van der Waals surface area contributed by atoms with Gasteiger partial charge in [0.05, 0.1) is 0 Å². The summed E-state index contributed by atoms with van der Waals surface area (Å²) in [6.45, 7) is 1.85. The number of hydrogen-bond acceptors (Lipinski definition) is 4. The quantitative estimate of drug-likeness (QED) is 0.521. The lowest BCUT2D eigenvalue weighted by Crippen LogP contribution is -2.23. The van der Waals surface area contributed by atoms with Crippen molar-refractivity contribution < 1.29 is 30.0 Å². The average Bonchev–Trinajstić information content (AvgIpc) is 2.40. The van der Waals surface area contributed by atoms with Crippen LogP contribution in [0.25, 0.3) is 0 Å². The molecule has 0 saturated carbocycles. The second-order valence-corrected chi connectivity index (χ2v) is 5.76. The molecule has 0 aliphatic carbocycles. The van der Waals surface area contributed by atoms with E-state index in [2.05, 4.69) is 0 Å². The van der Waals surface area contributed by atoms with Gasteiger partial charge in [0.15, 0.2) is 0 Å². The van der Waals surface area contributed by atoms with Gasteiger partial charge in [-0.3, -0.25) is 9.59 Å². The Bertz CT molecular complexity index is 517. The van der Waals surface area contributed by atoms with Gasteiger partial charge in [-0.1, -0.05) is 6.92 Å². The monoisotopic (exact) mass is 310 g/mol. The van der Waals surface area contributed by atoms with Crippen molar-refractivity contribution in [2.75, 3.05) is 0 Å². The van der Waals surface area contributed by atoms with E-state index in [4.69, 9.17) is 10.2 Å². The van der Waals surface area contributed by atoms with Gasteiger partial charge in [-0.15, -0.1) is 0 Å². The molecule has 0 aromatic heterocycles. The van der Waals surface area contributed by atoms with E-state index in [0.717, 1.165) is 0 Å². The highest BCUT2D eigenvalue weighted by Crippen LogP contribution is 2.40. The summed E-state index contributed by atoms with van der Waals surface area (Å²) >= 11 is 0. The van der Waals surface area contributed by atoms with Crippen molar-refractivity contribution in [3.05, 3.63) is 23.8 Å². The second kappa shape index (κ2) is 7.68. The minimum Gasteiger partial charge on any atom is -0.508 e. The Labute approximate surface area is 129 Å². The molecule has 6 heteroatoms. The van der Waals surface area contributed by atoms with Gasteiger partial charge in [0.2, 0.25) is 0 Å². The second-order valence-electron chi connectivity index (χ2n) is 5.76. The molecule has 0 aliphatic heterocycles. The van der Waals surface area contributed by atoms with Gasteiger partial charge in [0.1, 0.15) is 11.5 Å². The summed E-state index contributed by atoms with van der Waals surface area (Å²) in [6.07, 6.45) is 1.80. The SMILES string of the molecule is CC(CCCC(=O)O)(CCCC(=O)O)c1cc(O)ccc1O. The smallest absolute Gasteiger partial charge is 0.303 e. The molecule has 0 aliphatic rings. The third-order valence-electron chi connectivity index (χ3n) is 3.87. The Morgan fingerprint density at radius 3 is 1.95 bits per heavy atom. The Kier molecular flexibility index (Phi) is 6.22. The van der Waals surface area contributed by atoms with Crippen LogP contribution in [0.15, 0.2) is 18.2 Å². The van der Waals surface area contributed by atoms with E-state index in [9.17, 15) is 19.8 Å². The number of carbonyl (C=O) groups is 2. The first kappa shape index (κ1) is 17.8. The Morgan fingerprint density at radius 2 is 1.50 bits per heavy atom. The number of benzene rings is 1. The first-order valence-corrected chi connectivity index (χ1v) is 7.20. The van der Waals surface area contributed by atoms with Crippen LogP contribution < -0.4 is 0 Å². The van der Waals surface area contributed by atoms with Gasteiger partial charge in [0, 0.05) is 18.4 Å². The van der Waals surface area contributed by atoms with E-state index >= 15 is 0 Å². The van der Waals surface area contributed by atoms with Crippen molar-refractivity contribution >= 4 is 11.9 Å². The lowest BCUT2D eigenvalue weighted by atomic mass is 9.74. The lowest BCUT2D eigenvalue weighted by molar-refractivity contribution is -0.138. The molecule has 0 heterocycles. The molecule has 4 N–H and O–H groups in total. The van der Waals surface area contributed by atoms with E-state index in [1.165, 1.54) is 18.2 Å². The van der Waals surface area contributed by atoms with Crippen LogP contribution in [0, 0.1) is 0 Å². The Balaban J connectivity index is 2.95. The first-order valence-electron chi connectivity index (χ1n) is 7.20. The highest BCUT2D eigenvalue weighted by molar-refractivity contribution is 5.67. The third kappa shape index (κ3) is 5.27. The summed E-state index contributed by atoms with van der Waals surface area (Å²) in [5.41, 5.74) is -0.0726.